The minimum Gasteiger partial charge on any atom is -0.481 e. The largest absolute Gasteiger partial charge is 0.481 e. The van der Waals surface area contributed by atoms with Crippen LogP contribution in [0.15, 0.2) is 0 Å². The van der Waals surface area contributed by atoms with Crippen LogP contribution in [-0.2, 0) is 9.59 Å². The Morgan fingerprint density at radius 2 is 2.06 bits per heavy atom. The van der Waals surface area contributed by atoms with Gasteiger partial charge < -0.3 is 15.5 Å². The van der Waals surface area contributed by atoms with E-state index in [1.807, 2.05) is 0 Å². The fraction of sp³-hybridized carbons (Fsp3) is 0.375. The average molecular weight is 259 g/mol. The molecule has 9 heteroatoms. The lowest BCUT2D eigenvalue weighted by molar-refractivity contribution is -0.145. The summed E-state index contributed by atoms with van der Waals surface area (Å²) in [6.07, 6.45) is -0.688. The Labute approximate surface area is 99.4 Å². The lowest BCUT2D eigenvalue weighted by Gasteiger charge is -2.11. The van der Waals surface area contributed by atoms with E-state index in [1.54, 1.807) is 6.92 Å². The summed E-state index contributed by atoms with van der Waals surface area (Å²) in [7, 11) is 0. The molecule has 17 heavy (non-hydrogen) atoms. The number of carboxylic acid groups (broad SMARTS) is 2. The number of aliphatic carboxylic acids is 2. The van der Waals surface area contributed by atoms with E-state index in [-0.39, 0.29) is 4.88 Å². The van der Waals surface area contributed by atoms with Crippen molar-refractivity contribution in [3.8, 4) is 0 Å². The highest BCUT2D eigenvalue weighted by Gasteiger charge is 2.25. The molecule has 0 radical (unpaired) electrons. The van der Waals surface area contributed by atoms with Gasteiger partial charge in [-0.15, -0.1) is 5.10 Å². The normalized spacial score (nSPS) is 11.8. The Balaban J connectivity index is 2.74. The Morgan fingerprint density at radius 3 is 2.47 bits per heavy atom. The van der Waals surface area contributed by atoms with E-state index < -0.39 is 30.3 Å². The third-order valence-corrected chi connectivity index (χ3v) is 2.67. The predicted octanol–water partition coefficient (Wildman–Crippen LogP) is -0.496. The van der Waals surface area contributed by atoms with Crippen LogP contribution in [-0.4, -0.2) is 43.7 Å². The van der Waals surface area contributed by atoms with Crippen molar-refractivity contribution in [1.29, 1.82) is 0 Å². The molecule has 0 aromatic carbocycles. The monoisotopic (exact) mass is 259 g/mol. The molecule has 0 bridgehead atoms. The van der Waals surface area contributed by atoms with Crippen molar-refractivity contribution in [2.75, 3.05) is 0 Å². The standard InChI is InChI=1S/C8H9N3O5S/c1-3-6(17-11-10-3)7(14)9-4(8(15)16)2-5(12)13/h4H,2H2,1H3,(H,9,14)(H,12,13)(H,15,16)/t4-/m0/s1. The zero-order valence-corrected chi connectivity index (χ0v) is 9.52. The minimum absolute atomic E-state index is 0.168. The molecular formula is C8H9N3O5S. The third kappa shape index (κ3) is 3.48. The average Bonchev–Trinajstić information content (AvgIpc) is 2.62. The molecule has 1 heterocycles. The maximum absolute atomic E-state index is 11.6. The number of nitrogens with one attached hydrogen (secondary N) is 1. The third-order valence-electron chi connectivity index (χ3n) is 1.84. The van der Waals surface area contributed by atoms with Gasteiger partial charge in [0.05, 0.1) is 12.1 Å². The van der Waals surface area contributed by atoms with Gasteiger partial charge in [-0.3, -0.25) is 9.59 Å². The Bertz CT molecular complexity index is 458. The van der Waals surface area contributed by atoms with Crippen molar-refractivity contribution in [2.45, 2.75) is 19.4 Å². The highest BCUT2D eigenvalue weighted by atomic mass is 32.1. The molecule has 1 aromatic heterocycles. The summed E-state index contributed by atoms with van der Waals surface area (Å²) >= 11 is 0.817. The van der Waals surface area contributed by atoms with Gasteiger partial charge >= 0.3 is 11.9 Å². The van der Waals surface area contributed by atoms with Gasteiger partial charge in [-0.1, -0.05) is 4.49 Å². The maximum Gasteiger partial charge on any atom is 0.326 e. The van der Waals surface area contributed by atoms with Crippen molar-refractivity contribution in [3.63, 3.8) is 0 Å². The molecule has 0 unspecified atom stereocenters. The maximum atomic E-state index is 11.6. The summed E-state index contributed by atoms with van der Waals surface area (Å²) in [4.78, 5) is 32.9. The van der Waals surface area contributed by atoms with Crippen molar-refractivity contribution in [3.05, 3.63) is 10.6 Å². The second kappa shape index (κ2) is 5.34. The van der Waals surface area contributed by atoms with Crippen LogP contribution in [0.1, 0.15) is 21.8 Å². The Kier molecular flexibility index (Phi) is 4.10. The zero-order valence-electron chi connectivity index (χ0n) is 8.71. The molecule has 3 N–H and O–H groups in total. The second-order valence-electron chi connectivity index (χ2n) is 3.15. The molecule has 0 saturated carbocycles. The van der Waals surface area contributed by atoms with Crippen LogP contribution in [0, 0.1) is 6.92 Å². The van der Waals surface area contributed by atoms with Gasteiger partial charge in [0.2, 0.25) is 0 Å². The fourth-order valence-corrected chi connectivity index (χ4v) is 1.60. The number of carboxylic acids is 2. The molecule has 92 valence electrons. The van der Waals surface area contributed by atoms with Gasteiger partial charge in [-0.2, -0.15) is 0 Å². The molecule has 1 rings (SSSR count). The first kappa shape index (κ1) is 13.0. The molecular weight excluding hydrogens is 250 g/mol. The van der Waals surface area contributed by atoms with E-state index in [9.17, 15) is 14.4 Å². The number of aromatic nitrogens is 2. The van der Waals surface area contributed by atoms with Crippen LogP contribution < -0.4 is 5.32 Å². The van der Waals surface area contributed by atoms with E-state index in [4.69, 9.17) is 10.2 Å². The van der Waals surface area contributed by atoms with Gasteiger partial charge in [0.1, 0.15) is 10.9 Å². The summed E-state index contributed by atoms with van der Waals surface area (Å²) in [5, 5.41) is 22.9. The first-order chi connectivity index (χ1) is 7.91. The summed E-state index contributed by atoms with van der Waals surface area (Å²) in [6, 6.07) is -1.47. The van der Waals surface area contributed by atoms with Gasteiger partial charge in [0, 0.05) is 0 Å². The Hall–Kier alpha value is -2.03. The molecule has 8 nitrogen and oxygen atoms in total. The lowest BCUT2D eigenvalue weighted by atomic mass is 10.2. The predicted molar refractivity (Wildman–Crippen MR) is 55.8 cm³/mol. The van der Waals surface area contributed by atoms with Crippen molar-refractivity contribution >= 4 is 29.4 Å². The molecule has 0 aliphatic rings. The van der Waals surface area contributed by atoms with E-state index >= 15 is 0 Å². The summed E-state index contributed by atoms with van der Waals surface area (Å²) < 4.78 is 3.52. The van der Waals surface area contributed by atoms with Crippen LogP contribution >= 0.6 is 11.5 Å². The van der Waals surface area contributed by atoms with Crippen LogP contribution in [0.4, 0.5) is 0 Å². The molecule has 1 atom stereocenters. The summed E-state index contributed by atoms with van der Waals surface area (Å²) in [5.74, 6) is -3.40. The van der Waals surface area contributed by atoms with E-state index in [2.05, 4.69) is 14.9 Å². The molecule has 0 fully saturated rings. The Morgan fingerprint density at radius 1 is 1.41 bits per heavy atom. The molecule has 0 saturated heterocycles. The molecule has 0 aliphatic heterocycles. The fourth-order valence-electron chi connectivity index (χ4n) is 1.04. The summed E-state index contributed by atoms with van der Waals surface area (Å²) in [5.41, 5.74) is 0.368. The quantitative estimate of drug-likeness (QED) is 0.650. The number of amides is 1. The first-order valence-electron chi connectivity index (χ1n) is 4.46. The number of carbonyl (C=O) groups excluding carboxylic acids is 1. The highest BCUT2D eigenvalue weighted by molar-refractivity contribution is 7.08. The van der Waals surface area contributed by atoms with Gasteiger partial charge in [-0.25, -0.2) is 4.79 Å². The van der Waals surface area contributed by atoms with E-state index in [0.29, 0.717) is 5.69 Å². The van der Waals surface area contributed by atoms with E-state index in [0.717, 1.165) is 11.5 Å². The molecule has 1 amide bonds. The number of hydrogen-bond donors (Lipinski definition) is 3. The number of nitrogens with zero attached hydrogens (tertiary/aromatic N) is 2. The number of aryl methyl sites for hydroxylation is 1. The van der Waals surface area contributed by atoms with Crippen LogP contribution in [0.25, 0.3) is 0 Å². The van der Waals surface area contributed by atoms with Gasteiger partial charge in [-0.05, 0) is 18.5 Å². The summed E-state index contributed by atoms with van der Waals surface area (Å²) in [6.45, 7) is 1.55. The second-order valence-corrected chi connectivity index (χ2v) is 3.90. The minimum atomic E-state index is -1.47. The first-order valence-corrected chi connectivity index (χ1v) is 5.23. The molecule has 0 aliphatic carbocycles. The van der Waals surface area contributed by atoms with E-state index in [1.165, 1.54) is 0 Å². The van der Waals surface area contributed by atoms with Crippen molar-refractivity contribution < 1.29 is 24.6 Å². The topological polar surface area (TPSA) is 129 Å². The van der Waals surface area contributed by atoms with Crippen LogP contribution in [0.3, 0.4) is 0 Å². The highest BCUT2D eigenvalue weighted by Crippen LogP contribution is 2.09. The van der Waals surface area contributed by atoms with Crippen molar-refractivity contribution in [2.24, 2.45) is 0 Å². The SMILES string of the molecule is Cc1nnsc1C(=O)N[C@@H](CC(=O)O)C(=O)O. The number of hydrogen-bond acceptors (Lipinski definition) is 6. The van der Waals surface area contributed by atoms with Crippen molar-refractivity contribution in [1.82, 2.24) is 14.9 Å². The number of rotatable bonds is 5. The lowest BCUT2D eigenvalue weighted by Crippen LogP contribution is -2.42. The molecule has 0 spiro atoms. The van der Waals surface area contributed by atoms with Gasteiger partial charge in [0.25, 0.3) is 5.91 Å². The van der Waals surface area contributed by atoms with Gasteiger partial charge in [0.15, 0.2) is 0 Å². The van der Waals surface area contributed by atoms with Crippen LogP contribution in [0.2, 0.25) is 0 Å². The van der Waals surface area contributed by atoms with Crippen LogP contribution in [0.5, 0.6) is 0 Å². The molecule has 1 aromatic rings. The number of carbonyl (C=O) groups is 3. The smallest absolute Gasteiger partial charge is 0.326 e. The zero-order chi connectivity index (χ0) is 13.0.